The van der Waals surface area contributed by atoms with E-state index in [0.717, 1.165) is 32.5 Å². The molecule has 0 amide bonds. The molecular weight excluding hydrogens is 252 g/mol. The third kappa shape index (κ3) is 4.74. The van der Waals surface area contributed by atoms with Crippen molar-refractivity contribution in [1.29, 1.82) is 0 Å². The minimum atomic E-state index is -0.377. The first-order valence-corrected chi connectivity index (χ1v) is 8.15. The van der Waals surface area contributed by atoms with Gasteiger partial charge in [-0.25, -0.2) is 0 Å². The summed E-state index contributed by atoms with van der Waals surface area (Å²) in [5.41, 5.74) is -0.377. The van der Waals surface area contributed by atoms with Crippen LogP contribution >= 0.6 is 0 Å². The summed E-state index contributed by atoms with van der Waals surface area (Å²) in [6.07, 6.45) is 6.10. The summed E-state index contributed by atoms with van der Waals surface area (Å²) in [5.74, 6) is -0.0337. The molecule has 1 atom stereocenters. The van der Waals surface area contributed by atoms with Crippen LogP contribution in [0.1, 0.15) is 52.9 Å². The van der Waals surface area contributed by atoms with Gasteiger partial charge >= 0.3 is 5.97 Å². The summed E-state index contributed by atoms with van der Waals surface area (Å²) >= 11 is 0. The van der Waals surface area contributed by atoms with Crippen LogP contribution in [0.2, 0.25) is 0 Å². The van der Waals surface area contributed by atoms with Gasteiger partial charge in [0.15, 0.2) is 0 Å². The largest absolute Gasteiger partial charge is 0.459 e. The predicted octanol–water partition coefficient (Wildman–Crippen LogP) is 2.28. The van der Waals surface area contributed by atoms with E-state index in [1.807, 2.05) is 20.8 Å². The van der Waals surface area contributed by atoms with E-state index in [9.17, 15) is 4.79 Å². The number of carbonyl (C=O) groups is 1. The van der Waals surface area contributed by atoms with E-state index in [1.165, 1.54) is 32.4 Å². The van der Waals surface area contributed by atoms with Gasteiger partial charge in [0.05, 0.1) is 0 Å². The molecule has 0 bridgehead atoms. The van der Waals surface area contributed by atoms with Gasteiger partial charge in [-0.15, -0.1) is 0 Å². The van der Waals surface area contributed by atoms with Crippen molar-refractivity contribution >= 4 is 5.97 Å². The molecule has 0 aromatic carbocycles. The normalized spacial score (nSPS) is 25.9. The van der Waals surface area contributed by atoms with Crippen LogP contribution in [0.4, 0.5) is 0 Å². The molecule has 2 heterocycles. The van der Waals surface area contributed by atoms with Crippen LogP contribution < -0.4 is 0 Å². The summed E-state index contributed by atoms with van der Waals surface area (Å²) in [4.78, 5) is 17.1. The van der Waals surface area contributed by atoms with E-state index in [2.05, 4.69) is 9.80 Å². The Morgan fingerprint density at radius 1 is 1.05 bits per heavy atom. The molecule has 0 aromatic rings. The lowest BCUT2D eigenvalue weighted by Gasteiger charge is -2.31. The highest BCUT2D eigenvalue weighted by Crippen LogP contribution is 2.21. The second kappa shape index (κ2) is 6.90. The molecule has 0 aliphatic carbocycles. The molecule has 2 aliphatic rings. The van der Waals surface area contributed by atoms with Gasteiger partial charge < -0.3 is 9.64 Å². The van der Waals surface area contributed by atoms with Crippen LogP contribution in [0.25, 0.3) is 0 Å². The number of carbonyl (C=O) groups excluding carboxylic acids is 1. The van der Waals surface area contributed by atoms with E-state index in [0.29, 0.717) is 0 Å². The number of ether oxygens (including phenoxy) is 1. The van der Waals surface area contributed by atoms with Gasteiger partial charge in [-0.3, -0.25) is 9.69 Å². The van der Waals surface area contributed by atoms with Gasteiger partial charge in [0, 0.05) is 13.1 Å². The Labute approximate surface area is 123 Å². The van der Waals surface area contributed by atoms with Crippen molar-refractivity contribution in [2.24, 2.45) is 0 Å². The van der Waals surface area contributed by atoms with E-state index in [4.69, 9.17) is 4.74 Å². The third-order valence-corrected chi connectivity index (χ3v) is 4.19. The van der Waals surface area contributed by atoms with Crippen molar-refractivity contribution in [2.75, 3.05) is 32.7 Å². The maximum Gasteiger partial charge on any atom is 0.323 e. The average Bonchev–Trinajstić information content (AvgIpc) is 2.84. The lowest BCUT2D eigenvalue weighted by molar-refractivity contribution is -0.160. The van der Waals surface area contributed by atoms with Gasteiger partial charge in [0.2, 0.25) is 0 Å². The monoisotopic (exact) mass is 282 g/mol. The fourth-order valence-corrected chi connectivity index (χ4v) is 3.18. The summed E-state index contributed by atoms with van der Waals surface area (Å²) in [6.45, 7) is 11.4. The lowest BCUT2D eigenvalue weighted by Crippen LogP contribution is -2.44. The predicted molar refractivity (Wildman–Crippen MR) is 80.7 cm³/mol. The van der Waals surface area contributed by atoms with Crippen LogP contribution in [0, 0.1) is 0 Å². The van der Waals surface area contributed by atoms with Crippen molar-refractivity contribution in [3.63, 3.8) is 0 Å². The van der Waals surface area contributed by atoms with E-state index < -0.39 is 0 Å². The fraction of sp³-hybridized carbons (Fsp3) is 0.938. The molecule has 20 heavy (non-hydrogen) atoms. The highest BCUT2D eigenvalue weighted by Gasteiger charge is 2.33. The molecule has 2 rings (SSSR count). The van der Waals surface area contributed by atoms with E-state index in [-0.39, 0.29) is 17.6 Å². The van der Waals surface area contributed by atoms with Crippen LogP contribution in [0.5, 0.6) is 0 Å². The Balaban J connectivity index is 1.79. The SMILES string of the molecule is CC(C)(C)OC(=O)[C@H]1CCCN1CCN1CCCCC1. The highest BCUT2D eigenvalue weighted by atomic mass is 16.6. The number of hydrogen-bond donors (Lipinski definition) is 0. The highest BCUT2D eigenvalue weighted by molar-refractivity contribution is 5.76. The van der Waals surface area contributed by atoms with Crippen LogP contribution in [-0.2, 0) is 9.53 Å². The van der Waals surface area contributed by atoms with Gasteiger partial charge in [0.25, 0.3) is 0 Å². The number of hydrogen-bond acceptors (Lipinski definition) is 4. The van der Waals surface area contributed by atoms with Crippen molar-refractivity contribution in [3.8, 4) is 0 Å². The molecule has 0 radical (unpaired) electrons. The molecule has 2 aliphatic heterocycles. The molecule has 0 saturated carbocycles. The minimum absolute atomic E-state index is 0.0148. The zero-order valence-corrected chi connectivity index (χ0v) is 13.4. The smallest absolute Gasteiger partial charge is 0.323 e. The van der Waals surface area contributed by atoms with Gasteiger partial charge in [0.1, 0.15) is 11.6 Å². The Bertz CT molecular complexity index is 319. The molecule has 0 aromatic heterocycles. The third-order valence-electron chi connectivity index (χ3n) is 4.19. The summed E-state index contributed by atoms with van der Waals surface area (Å²) < 4.78 is 5.55. The summed E-state index contributed by atoms with van der Waals surface area (Å²) in [6, 6.07) is -0.0148. The van der Waals surface area contributed by atoms with Crippen molar-refractivity contribution < 1.29 is 9.53 Å². The van der Waals surface area contributed by atoms with Crippen molar-refractivity contribution in [1.82, 2.24) is 9.80 Å². The molecular formula is C16H30N2O2. The average molecular weight is 282 g/mol. The Morgan fingerprint density at radius 3 is 2.40 bits per heavy atom. The maximum absolute atomic E-state index is 12.2. The molecule has 0 N–H and O–H groups in total. The van der Waals surface area contributed by atoms with Crippen molar-refractivity contribution in [2.45, 2.75) is 64.5 Å². The van der Waals surface area contributed by atoms with Gasteiger partial charge in [-0.05, 0) is 66.1 Å². The molecule has 4 nitrogen and oxygen atoms in total. The summed E-state index contributed by atoms with van der Waals surface area (Å²) in [7, 11) is 0. The molecule has 2 saturated heterocycles. The first-order chi connectivity index (χ1) is 9.46. The molecule has 0 spiro atoms. The lowest BCUT2D eigenvalue weighted by atomic mass is 10.1. The number of esters is 1. The number of nitrogens with zero attached hydrogens (tertiary/aromatic N) is 2. The van der Waals surface area contributed by atoms with Crippen LogP contribution in [-0.4, -0.2) is 60.1 Å². The number of likely N-dealkylation sites (tertiary alicyclic amines) is 2. The zero-order chi connectivity index (χ0) is 14.6. The minimum Gasteiger partial charge on any atom is -0.459 e. The Morgan fingerprint density at radius 2 is 1.75 bits per heavy atom. The fourth-order valence-electron chi connectivity index (χ4n) is 3.18. The van der Waals surface area contributed by atoms with Crippen molar-refractivity contribution in [3.05, 3.63) is 0 Å². The molecule has 0 unspecified atom stereocenters. The second-order valence-electron chi connectivity index (χ2n) is 7.13. The topological polar surface area (TPSA) is 32.8 Å². The first kappa shape index (κ1) is 15.8. The quantitative estimate of drug-likeness (QED) is 0.741. The number of rotatable bonds is 4. The van der Waals surface area contributed by atoms with E-state index in [1.54, 1.807) is 0 Å². The Hall–Kier alpha value is -0.610. The second-order valence-corrected chi connectivity index (χ2v) is 7.13. The first-order valence-electron chi connectivity index (χ1n) is 8.15. The Kier molecular flexibility index (Phi) is 5.44. The summed E-state index contributed by atoms with van der Waals surface area (Å²) in [5, 5.41) is 0. The zero-order valence-electron chi connectivity index (χ0n) is 13.4. The molecule has 4 heteroatoms. The van der Waals surface area contributed by atoms with Crippen LogP contribution in [0.15, 0.2) is 0 Å². The molecule has 2 fully saturated rings. The van der Waals surface area contributed by atoms with Crippen LogP contribution in [0.3, 0.4) is 0 Å². The van der Waals surface area contributed by atoms with E-state index >= 15 is 0 Å². The number of piperidine rings is 1. The maximum atomic E-state index is 12.2. The molecule has 116 valence electrons. The van der Waals surface area contributed by atoms with Gasteiger partial charge in [-0.1, -0.05) is 6.42 Å². The van der Waals surface area contributed by atoms with Gasteiger partial charge in [-0.2, -0.15) is 0 Å². The standard InChI is InChI=1S/C16H30N2O2/c1-16(2,3)20-15(19)14-8-7-11-18(14)13-12-17-9-5-4-6-10-17/h14H,4-13H2,1-3H3/t14-/m1/s1.